The summed E-state index contributed by atoms with van der Waals surface area (Å²) in [6.45, 7) is -0.249. The number of benzene rings is 1. The molecule has 7 heteroatoms. The van der Waals surface area contributed by atoms with E-state index in [1.165, 1.54) is 0 Å². The summed E-state index contributed by atoms with van der Waals surface area (Å²) in [7, 11) is -3.77. The van der Waals surface area contributed by atoms with Gasteiger partial charge >= 0.3 is 0 Å². The molecule has 0 amide bonds. The Morgan fingerprint density at radius 2 is 2.12 bits per heavy atom. The molecule has 17 heavy (non-hydrogen) atoms. The number of nitrogens with one attached hydrogen (secondary N) is 1. The highest BCUT2D eigenvalue weighted by Gasteiger charge is 2.45. The van der Waals surface area contributed by atoms with Crippen molar-refractivity contribution >= 4 is 21.6 Å². The second-order valence-electron chi connectivity index (χ2n) is 4.12. The number of hydrogen-bond acceptors (Lipinski definition) is 3. The molecule has 0 bridgehead atoms. The predicted molar refractivity (Wildman–Crippen MR) is 60.8 cm³/mol. The zero-order chi connectivity index (χ0) is 12.7. The smallest absolute Gasteiger partial charge is 0.241 e. The molecule has 94 valence electrons. The van der Waals surface area contributed by atoms with Crippen LogP contribution in [0.5, 0.6) is 0 Å². The van der Waals surface area contributed by atoms with Crippen molar-refractivity contribution in [2.45, 2.75) is 23.3 Å². The van der Waals surface area contributed by atoms with E-state index >= 15 is 0 Å². The standard InChI is InChI=1S/C10H11ClFNO3S/c11-8-5-7(1-2-9(8)12)17(15,16)13-10(6-14)3-4-10/h1-2,5,13-14H,3-4,6H2. The molecule has 1 aliphatic rings. The van der Waals surface area contributed by atoms with Crippen LogP contribution < -0.4 is 4.72 Å². The minimum absolute atomic E-state index is 0.108. The van der Waals surface area contributed by atoms with Gasteiger partial charge in [-0.25, -0.2) is 17.5 Å². The Kier molecular flexibility index (Phi) is 3.15. The summed E-state index contributed by atoms with van der Waals surface area (Å²) in [6.07, 6.45) is 1.19. The first-order chi connectivity index (χ1) is 7.88. The molecule has 1 aliphatic carbocycles. The maximum Gasteiger partial charge on any atom is 0.241 e. The van der Waals surface area contributed by atoms with Gasteiger partial charge in [-0.2, -0.15) is 0 Å². The van der Waals surface area contributed by atoms with E-state index in [-0.39, 0.29) is 16.5 Å². The Labute approximate surface area is 103 Å². The van der Waals surface area contributed by atoms with Crippen LogP contribution in [0.15, 0.2) is 23.1 Å². The number of halogens is 2. The minimum atomic E-state index is -3.77. The fourth-order valence-electron chi connectivity index (χ4n) is 1.43. The van der Waals surface area contributed by atoms with Crippen LogP contribution in [-0.4, -0.2) is 25.7 Å². The van der Waals surface area contributed by atoms with Gasteiger partial charge in [0, 0.05) is 0 Å². The van der Waals surface area contributed by atoms with E-state index in [9.17, 15) is 12.8 Å². The van der Waals surface area contributed by atoms with E-state index in [1.807, 2.05) is 0 Å². The highest BCUT2D eigenvalue weighted by atomic mass is 35.5. The van der Waals surface area contributed by atoms with Crippen LogP contribution in [0.1, 0.15) is 12.8 Å². The number of sulfonamides is 1. The average Bonchev–Trinajstić information content (AvgIpc) is 3.02. The van der Waals surface area contributed by atoms with Crippen LogP contribution in [0, 0.1) is 5.82 Å². The molecular weight excluding hydrogens is 269 g/mol. The molecule has 1 aromatic rings. The van der Waals surface area contributed by atoms with Crippen molar-refractivity contribution in [1.82, 2.24) is 4.72 Å². The summed E-state index contributed by atoms with van der Waals surface area (Å²) in [5.74, 6) is -0.672. The minimum Gasteiger partial charge on any atom is -0.394 e. The predicted octanol–water partition coefficient (Wildman–Crippen LogP) is 1.28. The summed E-state index contributed by atoms with van der Waals surface area (Å²) in [6, 6.07) is 3.18. The van der Waals surface area contributed by atoms with Gasteiger partial charge < -0.3 is 5.11 Å². The average molecular weight is 280 g/mol. The van der Waals surface area contributed by atoms with Crippen LogP contribution in [0.25, 0.3) is 0 Å². The Morgan fingerprint density at radius 3 is 2.59 bits per heavy atom. The fraction of sp³-hybridized carbons (Fsp3) is 0.400. The van der Waals surface area contributed by atoms with Gasteiger partial charge in [-0.05, 0) is 31.0 Å². The lowest BCUT2D eigenvalue weighted by atomic mass is 10.3. The quantitative estimate of drug-likeness (QED) is 0.873. The molecule has 0 spiro atoms. The molecule has 1 aromatic carbocycles. The van der Waals surface area contributed by atoms with E-state index in [0.29, 0.717) is 12.8 Å². The van der Waals surface area contributed by atoms with Crippen LogP contribution in [-0.2, 0) is 10.0 Å². The second kappa shape index (κ2) is 4.20. The molecule has 1 saturated carbocycles. The molecule has 0 aromatic heterocycles. The Bertz CT molecular complexity index is 542. The summed E-state index contributed by atoms with van der Waals surface area (Å²) in [5, 5.41) is 8.80. The first-order valence-electron chi connectivity index (χ1n) is 4.98. The van der Waals surface area contributed by atoms with Crippen molar-refractivity contribution in [3.8, 4) is 0 Å². The normalized spacial score (nSPS) is 18.1. The van der Waals surface area contributed by atoms with Crippen LogP contribution in [0.2, 0.25) is 5.02 Å². The summed E-state index contributed by atoms with van der Waals surface area (Å²) in [5.41, 5.74) is -0.750. The zero-order valence-corrected chi connectivity index (χ0v) is 10.4. The van der Waals surface area contributed by atoms with Crippen molar-refractivity contribution in [3.63, 3.8) is 0 Å². The molecule has 4 nitrogen and oxygen atoms in total. The van der Waals surface area contributed by atoms with Gasteiger partial charge in [-0.1, -0.05) is 11.6 Å². The topological polar surface area (TPSA) is 66.4 Å². The lowest BCUT2D eigenvalue weighted by molar-refractivity contribution is 0.246. The third-order valence-electron chi connectivity index (χ3n) is 2.71. The van der Waals surface area contributed by atoms with Gasteiger partial charge in [0.05, 0.1) is 22.1 Å². The molecule has 0 radical (unpaired) electrons. The van der Waals surface area contributed by atoms with Gasteiger partial charge in [-0.3, -0.25) is 0 Å². The number of rotatable bonds is 4. The fourth-order valence-corrected chi connectivity index (χ4v) is 3.15. The molecule has 0 saturated heterocycles. The monoisotopic (exact) mass is 279 g/mol. The van der Waals surface area contributed by atoms with Gasteiger partial charge in [0.1, 0.15) is 5.82 Å². The molecule has 0 aliphatic heterocycles. The van der Waals surface area contributed by atoms with E-state index < -0.39 is 21.4 Å². The van der Waals surface area contributed by atoms with E-state index in [0.717, 1.165) is 18.2 Å². The maximum absolute atomic E-state index is 12.9. The maximum atomic E-state index is 12.9. The van der Waals surface area contributed by atoms with Crippen LogP contribution in [0.3, 0.4) is 0 Å². The second-order valence-corrected chi connectivity index (χ2v) is 6.21. The van der Waals surface area contributed by atoms with E-state index in [2.05, 4.69) is 4.72 Å². The summed E-state index contributed by atoms with van der Waals surface area (Å²) < 4.78 is 39.1. The van der Waals surface area contributed by atoms with Crippen molar-refractivity contribution in [2.24, 2.45) is 0 Å². The number of aliphatic hydroxyl groups excluding tert-OH is 1. The summed E-state index contributed by atoms with van der Waals surface area (Å²) >= 11 is 5.52. The van der Waals surface area contributed by atoms with Crippen LogP contribution in [0.4, 0.5) is 4.39 Å². The largest absolute Gasteiger partial charge is 0.394 e. The first kappa shape index (κ1) is 12.8. The van der Waals surface area contributed by atoms with Crippen molar-refractivity contribution in [2.75, 3.05) is 6.61 Å². The molecule has 0 atom stereocenters. The van der Waals surface area contributed by atoms with Crippen molar-refractivity contribution in [3.05, 3.63) is 29.0 Å². The molecule has 0 unspecified atom stereocenters. The van der Waals surface area contributed by atoms with Gasteiger partial charge in [0.15, 0.2) is 0 Å². The van der Waals surface area contributed by atoms with Crippen LogP contribution >= 0.6 is 11.6 Å². The Hall–Kier alpha value is -0.690. The third kappa shape index (κ3) is 2.60. The zero-order valence-electron chi connectivity index (χ0n) is 8.78. The molecule has 0 heterocycles. The number of hydrogen-bond donors (Lipinski definition) is 2. The molecule has 2 N–H and O–H groups in total. The Morgan fingerprint density at radius 1 is 1.47 bits per heavy atom. The molecule has 2 rings (SSSR count). The SMILES string of the molecule is O=S(=O)(NC1(CO)CC1)c1ccc(F)c(Cl)c1. The third-order valence-corrected chi connectivity index (χ3v) is 4.57. The van der Waals surface area contributed by atoms with Crippen molar-refractivity contribution in [1.29, 1.82) is 0 Å². The van der Waals surface area contributed by atoms with E-state index in [1.54, 1.807) is 0 Å². The highest BCUT2D eigenvalue weighted by Crippen LogP contribution is 2.36. The summed E-state index contributed by atoms with van der Waals surface area (Å²) in [4.78, 5) is -0.108. The van der Waals surface area contributed by atoms with Gasteiger partial charge in [0.25, 0.3) is 0 Å². The van der Waals surface area contributed by atoms with E-state index in [4.69, 9.17) is 16.7 Å². The number of aliphatic hydroxyl groups is 1. The first-order valence-corrected chi connectivity index (χ1v) is 6.85. The lowest BCUT2D eigenvalue weighted by Gasteiger charge is -2.14. The molecule has 1 fully saturated rings. The lowest BCUT2D eigenvalue weighted by Crippen LogP contribution is -2.39. The van der Waals surface area contributed by atoms with Gasteiger partial charge in [0.2, 0.25) is 10.0 Å². The Balaban J connectivity index is 2.29. The highest BCUT2D eigenvalue weighted by molar-refractivity contribution is 7.89. The van der Waals surface area contributed by atoms with Crippen molar-refractivity contribution < 1.29 is 17.9 Å². The molecular formula is C10H11ClFNO3S. The van der Waals surface area contributed by atoms with Gasteiger partial charge in [-0.15, -0.1) is 0 Å².